The van der Waals surface area contributed by atoms with Crippen LogP contribution in [0.2, 0.25) is 0 Å². The highest BCUT2D eigenvalue weighted by Crippen LogP contribution is 2.03. The van der Waals surface area contributed by atoms with Crippen molar-refractivity contribution in [3.05, 3.63) is 12.7 Å². The number of nitrogens with zero attached hydrogens (tertiary/aromatic N) is 2. The fraction of sp³-hybridized carbons (Fsp3) is 0.727. The number of likely N-dealkylation sites (N-methyl/N-ethyl adjacent to an activating group) is 1. The predicted octanol–water partition coefficient (Wildman–Crippen LogP) is 0.146. The molecule has 0 atom stereocenters. The molecule has 92 valence electrons. The van der Waals surface area contributed by atoms with Crippen molar-refractivity contribution in [2.75, 3.05) is 52.9 Å². The summed E-state index contributed by atoms with van der Waals surface area (Å²) < 4.78 is 4.99. The van der Waals surface area contributed by atoms with Crippen molar-refractivity contribution in [2.24, 2.45) is 0 Å². The Morgan fingerprint density at radius 3 is 2.69 bits per heavy atom. The minimum atomic E-state index is -0.229. The normalized spacial score (nSPS) is 17.2. The van der Waals surface area contributed by atoms with Gasteiger partial charge < -0.3 is 15.0 Å². The van der Waals surface area contributed by atoms with Crippen LogP contribution in [-0.4, -0.2) is 68.8 Å². The number of carbonyl (C=O) groups excluding carboxylic acids is 1. The standard InChI is InChI=1S/C11H21N3O2/c1-3-10-16-11(15)14-8-6-13(7-9-14)5-4-12-2/h3,12H,1,4-10H2,2H3. The third kappa shape index (κ3) is 4.20. The Kier molecular flexibility index (Phi) is 5.88. The Morgan fingerprint density at radius 2 is 2.12 bits per heavy atom. The van der Waals surface area contributed by atoms with E-state index in [4.69, 9.17) is 4.74 Å². The third-order valence-electron chi connectivity index (χ3n) is 2.63. The van der Waals surface area contributed by atoms with Crippen molar-refractivity contribution in [3.63, 3.8) is 0 Å². The zero-order chi connectivity index (χ0) is 11.8. The average Bonchev–Trinajstić information content (AvgIpc) is 2.34. The van der Waals surface area contributed by atoms with E-state index in [1.807, 2.05) is 7.05 Å². The molecule has 0 aromatic carbocycles. The highest BCUT2D eigenvalue weighted by atomic mass is 16.6. The minimum Gasteiger partial charge on any atom is -0.445 e. The fourth-order valence-electron chi connectivity index (χ4n) is 1.65. The van der Waals surface area contributed by atoms with E-state index in [1.165, 1.54) is 0 Å². The van der Waals surface area contributed by atoms with Crippen LogP contribution in [0.25, 0.3) is 0 Å². The van der Waals surface area contributed by atoms with Crippen LogP contribution >= 0.6 is 0 Å². The van der Waals surface area contributed by atoms with Crippen LogP contribution in [0.3, 0.4) is 0 Å². The Labute approximate surface area is 97.0 Å². The van der Waals surface area contributed by atoms with E-state index < -0.39 is 0 Å². The quantitative estimate of drug-likeness (QED) is 0.679. The monoisotopic (exact) mass is 227 g/mol. The number of hydrogen-bond donors (Lipinski definition) is 1. The van der Waals surface area contributed by atoms with Crippen molar-refractivity contribution in [1.29, 1.82) is 0 Å². The molecule has 1 N–H and O–H groups in total. The first kappa shape index (κ1) is 13.0. The van der Waals surface area contributed by atoms with Crippen LogP contribution in [0.15, 0.2) is 12.7 Å². The highest BCUT2D eigenvalue weighted by Gasteiger charge is 2.21. The van der Waals surface area contributed by atoms with Gasteiger partial charge in [0, 0.05) is 39.3 Å². The van der Waals surface area contributed by atoms with Gasteiger partial charge in [-0.1, -0.05) is 12.7 Å². The second-order valence-corrected chi connectivity index (χ2v) is 3.80. The van der Waals surface area contributed by atoms with Gasteiger partial charge in [0.1, 0.15) is 6.61 Å². The van der Waals surface area contributed by atoms with Gasteiger partial charge in [-0.15, -0.1) is 0 Å². The molecule has 0 radical (unpaired) electrons. The molecular formula is C11H21N3O2. The molecule has 0 aromatic rings. The molecule has 5 heteroatoms. The van der Waals surface area contributed by atoms with E-state index in [9.17, 15) is 4.79 Å². The van der Waals surface area contributed by atoms with Crippen molar-refractivity contribution >= 4 is 6.09 Å². The van der Waals surface area contributed by atoms with Crippen molar-refractivity contribution in [3.8, 4) is 0 Å². The number of carbonyl (C=O) groups is 1. The van der Waals surface area contributed by atoms with Gasteiger partial charge in [0.05, 0.1) is 0 Å². The molecule has 0 unspecified atom stereocenters. The van der Waals surface area contributed by atoms with Crippen LogP contribution in [0, 0.1) is 0 Å². The summed E-state index contributed by atoms with van der Waals surface area (Å²) in [5.41, 5.74) is 0. The molecule has 0 spiro atoms. The number of hydrogen-bond acceptors (Lipinski definition) is 4. The van der Waals surface area contributed by atoms with E-state index in [0.717, 1.165) is 39.3 Å². The first-order valence-electron chi connectivity index (χ1n) is 5.67. The van der Waals surface area contributed by atoms with Crippen LogP contribution in [0.4, 0.5) is 4.79 Å². The summed E-state index contributed by atoms with van der Waals surface area (Å²) >= 11 is 0. The molecule has 5 nitrogen and oxygen atoms in total. The van der Waals surface area contributed by atoms with Gasteiger partial charge in [0.25, 0.3) is 0 Å². The lowest BCUT2D eigenvalue weighted by Crippen LogP contribution is -2.50. The molecule has 16 heavy (non-hydrogen) atoms. The second-order valence-electron chi connectivity index (χ2n) is 3.80. The Balaban J connectivity index is 2.20. The van der Waals surface area contributed by atoms with Gasteiger partial charge in [-0.25, -0.2) is 4.79 Å². The van der Waals surface area contributed by atoms with Crippen LogP contribution < -0.4 is 5.32 Å². The molecule has 1 heterocycles. The van der Waals surface area contributed by atoms with E-state index in [1.54, 1.807) is 11.0 Å². The smallest absolute Gasteiger partial charge is 0.410 e. The first-order chi connectivity index (χ1) is 7.77. The van der Waals surface area contributed by atoms with Crippen LogP contribution in [0.1, 0.15) is 0 Å². The Bertz CT molecular complexity index is 225. The number of rotatable bonds is 5. The maximum absolute atomic E-state index is 11.5. The largest absolute Gasteiger partial charge is 0.445 e. The number of piperazine rings is 1. The summed E-state index contributed by atoms with van der Waals surface area (Å²) in [5.74, 6) is 0. The second kappa shape index (κ2) is 7.24. The van der Waals surface area contributed by atoms with Crippen molar-refractivity contribution in [2.45, 2.75) is 0 Å². The first-order valence-corrected chi connectivity index (χ1v) is 5.67. The molecule has 1 fully saturated rings. The maximum Gasteiger partial charge on any atom is 0.410 e. The Morgan fingerprint density at radius 1 is 1.44 bits per heavy atom. The predicted molar refractivity (Wildman–Crippen MR) is 63.5 cm³/mol. The topological polar surface area (TPSA) is 44.8 Å². The lowest BCUT2D eigenvalue weighted by atomic mass is 10.3. The average molecular weight is 227 g/mol. The highest BCUT2D eigenvalue weighted by molar-refractivity contribution is 5.67. The van der Waals surface area contributed by atoms with Gasteiger partial charge in [-0.3, -0.25) is 4.90 Å². The minimum absolute atomic E-state index is 0.229. The Hall–Kier alpha value is -1.07. The zero-order valence-corrected chi connectivity index (χ0v) is 9.95. The lowest BCUT2D eigenvalue weighted by Gasteiger charge is -2.33. The molecule has 0 aromatic heterocycles. The molecule has 1 aliphatic rings. The summed E-state index contributed by atoms with van der Waals surface area (Å²) in [4.78, 5) is 15.6. The maximum atomic E-state index is 11.5. The van der Waals surface area contributed by atoms with Gasteiger partial charge in [-0.2, -0.15) is 0 Å². The van der Waals surface area contributed by atoms with Gasteiger partial charge in [0.15, 0.2) is 0 Å². The summed E-state index contributed by atoms with van der Waals surface area (Å²) in [5, 5.41) is 3.12. The van der Waals surface area contributed by atoms with E-state index >= 15 is 0 Å². The number of ether oxygens (including phenoxy) is 1. The summed E-state index contributed by atoms with van der Waals surface area (Å²) in [6.07, 6.45) is 1.36. The lowest BCUT2D eigenvalue weighted by molar-refractivity contribution is 0.0837. The summed E-state index contributed by atoms with van der Waals surface area (Å²) in [6.45, 7) is 9.17. The molecular weight excluding hydrogens is 206 g/mol. The van der Waals surface area contributed by atoms with Crippen LogP contribution in [-0.2, 0) is 4.74 Å². The molecule has 1 saturated heterocycles. The van der Waals surface area contributed by atoms with Gasteiger partial charge >= 0.3 is 6.09 Å². The molecule has 1 aliphatic heterocycles. The molecule has 0 aliphatic carbocycles. The van der Waals surface area contributed by atoms with E-state index in [-0.39, 0.29) is 6.09 Å². The number of amides is 1. The van der Waals surface area contributed by atoms with Crippen LogP contribution in [0.5, 0.6) is 0 Å². The number of nitrogens with one attached hydrogen (secondary N) is 1. The molecule has 0 saturated carbocycles. The fourth-order valence-corrected chi connectivity index (χ4v) is 1.65. The zero-order valence-electron chi connectivity index (χ0n) is 9.95. The molecule has 1 rings (SSSR count). The SMILES string of the molecule is C=CCOC(=O)N1CCN(CCNC)CC1. The van der Waals surface area contributed by atoms with Crippen molar-refractivity contribution < 1.29 is 9.53 Å². The van der Waals surface area contributed by atoms with E-state index in [2.05, 4.69) is 16.8 Å². The molecule has 0 bridgehead atoms. The van der Waals surface area contributed by atoms with Gasteiger partial charge in [-0.05, 0) is 7.05 Å². The van der Waals surface area contributed by atoms with Gasteiger partial charge in [0.2, 0.25) is 0 Å². The third-order valence-corrected chi connectivity index (χ3v) is 2.63. The summed E-state index contributed by atoms with van der Waals surface area (Å²) in [7, 11) is 1.95. The summed E-state index contributed by atoms with van der Waals surface area (Å²) in [6, 6.07) is 0. The van der Waals surface area contributed by atoms with Crippen molar-refractivity contribution in [1.82, 2.24) is 15.1 Å². The van der Waals surface area contributed by atoms with E-state index in [0.29, 0.717) is 6.61 Å². The molecule has 1 amide bonds.